The Hall–Kier alpha value is -2.02. The molecule has 134 valence electrons. The zero-order chi connectivity index (χ0) is 17.3. The molecule has 3 aromatic rings. The van der Waals surface area contributed by atoms with Crippen molar-refractivity contribution in [3.63, 3.8) is 0 Å². The van der Waals surface area contributed by atoms with Gasteiger partial charge in [0.25, 0.3) is 0 Å². The van der Waals surface area contributed by atoms with Crippen LogP contribution in [0.25, 0.3) is 10.2 Å². The van der Waals surface area contributed by atoms with E-state index in [0.717, 1.165) is 73.4 Å². The molecule has 0 amide bonds. The fourth-order valence-electron chi connectivity index (χ4n) is 3.82. The van der Waals surface area contributed by atoms with Gasteiger partial charge < -0.3 is 14.4 Å². The summed E-state index contributed by atoms with van der Waals surface area (Å²) in [6.45, 7) is 4.48. The molecule has 26 heavy (non-hydrogen) atoms. The number of hydrogen-bond acceptors (Lipinski definition) is 5. The first-order chi connectivity index (χ1) is 12.9. The number of morpholine rings is 1. The highest BCUT2D eigenvalue weighted by Crippen LogP contribution is 2.41. The van der Waals surface area contributed by atoms with Gasteiger partial charge >= 0.3 is 0 Å². The number of rotatable bonds is 4. The van der Waals surface area contributed by atoms with Crippen molar-refractivity contribution in [2.45, 2.75) is 25.8 Å². The van der Waals surface area contributed by atoms with E-state index in [9.17, 15) is 0 Å². The highest BCUT2D eigenvalue weighted by atomic mass is 32.1. The number of aromatic nitrogens is 2. The third-order valence-electron chi connectivity index (χ3n) is 5.14. The van der Waals surface area contributed by atoms with Crippen molar-refractivity contribution in [2.75, 3.05) is 26.3 Å². The Morgan fingerprint density at radius 1 is 1.08 bits per heavy atom. The summed E-state index contributed by atoms with van der Waals surface area (Å²) >= 11 is 1.82. The zero-order valence-corrected chi connectivity index (χ0v) is 15.5. The molecule has 0 spiro atoms. The SMILES string of the molecule is c1ccc(Oc2nc(C[NH+]3CCOCC3)nc3sc4c(c23)CCC4)cc1. The lowest BCUT2D eigenvalue weighted by Gasteiger charge is -2.23. The number of benzene rings is 1. The van der Waals surface area contributed by atoms with Crippen LogP contribution in [0.3, 0.4) is 0 Å². The highest BCUT2D eigenvalue weighted by molar-refractivity contribution is 7.19. The number of ether oxygens (including phenoxy) is 2. The molecule has 2 aliphatic rings. The van der Waals surface area contributed by atoms with Crippen molar-refractivity contribution in [2.24, 2.45) is 0 Å². The van der Waals surface area contributed by atoms with Gasteiger partial charge in [-0.1, -0.05) is 18.2 Å². The van der Waals surface area contributed by atoms with E-state index in [1.807, 2.05) is 41.7 Å². The van der Waals surface area contributed by atoms with E-state index in [0.29, 0.717) is 0 Å². The first-order valence-corrected chi connectivity index (χ1v) is 10.1. The number of nitrogens with one attached hydrogen (secondary N) is 1. The van der Waals surface area contributed by atoms with E-state index in [-0.39, 0.29) is 0 Å². The zero-order valence-electron chi connectivity index (χ0n) is 14.7. The Balaban J connectivity index is 1.55. The molecule has 1 aliphatic carbocycles. The minimum Gasteiger partial charge on any atom is -0.438 e. The van der Waals surface area contributed by atoms with Gasteiger partial charge in [0, 0.05) is 4.88 Å². The van der Waals surface area contributed by atoms with Crippen LogP contribution in [0.2, 0.25) is 0 Å². The Morgan fingerprint density at radius 2 is 1.92 bits per heavy atom. The lowest BCUT2D eigenvalue weighted by atomic mass is 10.2. The summed E-state index contributed by atoms with van der Waals surface area (Å²) in [5.74, 6) is 2.43. The van der Waals surface area contributed by atoms with Crippen LogP contribution in [-0.4, -0.2) is 36.3 Å². The minimum atomic E-state index is 0.725. The third-order valence-corrected chi connectivity index (χ3v) is 6.33. The molecule has 0 bridgehead atoms. The second kappa shape index (κ2) is 6.95. The molecule has 0 unspecified atom stereocenters. The maximum absolute atomic E-state index is 6.23. The molecule has 1 aromatic carbocycles. The van der Waals surface area contributed by atoms with E-state index in [2.05, 4.69) is 0 Å². The lowest BCUT2D eigenvalue weighted by Crippen LogP contribution is -3.12. The second-order valence-electron chi connectivity index (χ2n) is 6.94. The minimum absolute atomic E-state index is 0.725. The predicted molar refractivity (Wildman–Crippen MR) is 101 cm³/mol. The number of fused-ring (bicyclic) bond motifs is 3. The number of aryl methyl sites for hydroxylation is 2. The second-order valence-corrected chi connectivity index (χ2v) is 8.02. The van der Waals surface area contributed by atoms with Crippen molar-refractivity contribution < 1.29 is 14.4 Å². The summed E-state index contributed by atoms with van der Waals surface area (Å²) in [7, 11) is 0. The summed E-state index contributed by atoms with van der Waals surface area (Å²) in [6, 6.07) is 9.94. The summed E-state index contributed by atoms with van der Waals surface area (Å²) in [5, 5.41) is 1.13. The van der Waals surface area contributed by atoms with Gasteiger partial charge in [0.05, 0.1) is 18.6 Å². The predicted octanol–water partition coefficient (Wildman–Crippen LogP) is 2.39. The van der Waals surface area contributed by atoms with E-state index in [4.69, 9.17) is 19.4 Å². The van der Waals surface area contributed by atoms with Crippen molar-refractivity contribution in [1.82, 2.24) is 9.97 Å². The third kappa shape index (κ3) is 3.09. The Labute approximate surface area is 156 Å². The van der Waals surface area contributed by atoms with Gasteiger partial charge in [0.15, 0.2) is 5.82 Å². The molecule has 5 rings (SSSR count). The number of hydrogen-bond donors (Lipinski definition) is 1. The number of para-hydroxylation sites is 1. The average molecular weight is 368 g/mol. The first-order valence-electron chi connectivity index (χ1n) is 9.32. The van der Waals surface area contributed by atoms with Crippen LogP contribution >= 0.6 is 11.3 Å². The van der Waals surface area contributed by atoms with Gasteiger partial charge in [0.1, 0.15) is 30.2 Å². The number of nitrogens with zero attached hydrogens (tertiary/aromatic N) is 2. The molecular weight excluding hydrogens is 346 g/mol. The van der Waals surface area contributed by atoms with Crippen LogP contribution in [0.1, 0.15) is 22.7 Å². The smallest absolute Gasteiger partial charge is 0.231 e. The summed E-state index contributed by atoms with van der Waals surface area (Å²) in [6.07, 6.45) is 3.49. The van der Waals surface area contributed by atoms with Crippen LogP contribution in [-0.2, 0) is 24.1 Å². The standard InChI is InChI=1S/C20H21N3O2S/c1-2-5-14(6-3-1)25-19-18-15-7-4-8-16(15)26-20(18)22-17(21-19)13-23-9-11-24-12-10-23/h1-3,5-6H,4,7-13H2/p+1. The molecule has 1 saturated heterocycles. The van der Waals surface area contributed by atoms with Gasteiger partial charge in [-0.15, -0.1) is 11.3 Å². The molecule has 2 aromatic heterocycles. The molecule has 0 radical (unpaired) electrons. The Kier molecular flexibility index (Phi) is 4.32. The molecule has 6 heteroatoms. The molecular formula is C20H22N3O2S+. The highest BCUT2D eigenvalue weighted by Gasteiger charge is 2.25. The molecule has 0 saturated carbocycles. The Morgan fingerprint density at radius 3 is 2.77 bits per heavy atom. The summed E-state index contributed by atoms with van der Waals surface area (Å²) in [4.78, 5) is 13.8. The van der Waals surface area contributed by atoms with Gasteiger partial charge in [0.2, 0.25) is 5.88 Å². The van der Waals surface area contributed by atoms with Crippen molar-refractivity contribution in [3.8, 4) is 11.6 Å². The maximum Gasteiger partial charge on any atom is 0.231 e. The molecule has 1 N–H and O–H groups in total. The van der Waals surface area contributed by atoms with E-state index >= 15 is 0 Å². The van der Waals surface area contributed by atoms with E-state index < -0.39 is 0 Å². The maximum atomic E-state index is 6.23. The fraction of sp³-hybridized carbons (Fsp3) is 0.400. The molecule has 1 fully saturated rings. The van der Waals surface area contributed by atoms with Crippen LogP contribution in [0, 0.1) is 0 Å². The van der Waals surface area contributed by atoms with Gasteiger partial charge in [-0.2, -0.15) is 4.98 Å². The van der Waals surface area contributed by atoms with Crippen molar-refractivity contribution in [1.29, 1.82) is 0 Å². The quantitative estimate of drug-likeness (QED) is 0.768. The fourth-order valence-corrected chi connectivity index (χ4v) is 5.09. The molecule has 5 nitrogen and oxygen atoms in total. The number of thiophene rings is 1. The van der Waals surface area contributed by atoms with Crippen LogP contribution in [0.15, 0.2) is 30.3 Å². The largest absolute Gasteiger partial charge is 0.438 e. The van der Waals surface area contributed by atoms with Crippen molar-refractivity contribution >= 4 is 21.6 Å². The van der Waals surface area contributed by atoms with E-state index in [1.165, 1.54) is 21.8 Å². The van der Waals surface area contributed by atoms with Crippen LogP contribution in [0.5, 0.6) is 11.6 Å². The Bertz CT molecular complexity index is 920. The molecule has 1 aliphatic heterocycles. The summed E-state index contributed by atoms with van der Waals surface area (Å²) in [5.41, 5.74) is 1.40. The van der Waals surface area contributed by atoms with Crippen molar-refractivity contribution in [3.05, 3.63) is 46.6 Å². The number of quaternary nitrogens is 1. The monoisotopic (exact) mass is 368 g/mol. The average Bonchev–Trinajstić information content (AvgIpc) is 3.24. The van der Waals surface area contributed by atoms with Gasteiger partial charge in [-0.25, -0.2) is 4.98 Å². The van der Waals surface area contributed by atoms with Gasteiger partial charge in [-0.3, -0.25) is 0 Å². The first kappa shape index (κ1) is 16.2. The lowest BCUT2D eigenvalue weighted by molar-refractivity contribution is -0.922. The van der Waals surface area contributed by atoms with Gasteiger partial charge in [-0.05, 0) is 37.0 Å². The topological polar surface area (TPSA) is 48.7 Å². The van der Waals surface area contributed by atoms with Crippen LogP contribution in [0.4, 0.5) is 0 Å². The van der Waals surface area contributed by atoms with E-state index in [1.54, 1.807) is 0 Å². The molecule has 0 atom stereocenters. The molecule has 3 heterocycles. The van der Waals surface area contributed by atoms with Crippen LogP contribution < -0.4 is 9.64 Å². The summed E-state index contributed by atoms with van der Waals surface area (Å²) < 4.78 is 11.7. The normalized spacial score (nSPS) is 17.5.